The molecule has 0 N–H and O–H groups in total. The number of carbonyl (C=O) groups excluding carboxylic acids is 3. The second-order valence-electron chi connectivity index (χ2n) is 37.4. The summed E-state index contributed by atoms with van der Waals surface area (Å²) in [5.41, 5.74) is 19.9. The Kier molecular flexibility index (Phi) is 17.4. The van der Waals surface area contributed by atoms with Crippen LogP contribution < -0.4 is 18.9 Å². The van der Waals surface area contributed by atoms with Gasteiger partial charge in [-0.15, -0.1) is 0 Å². The SMILES string of the molecule is CC(C)=CCC[C@@]1(C)Oc2c(c3nc4ccc(C(=O)c5ccccc5)cc4nc3c3ccccc23)[C@@H]2c3ccccc3OC[C@@H]21.CC1(C)C2CC1CC1(CCc3c(c4ccccc4c4nc5cc(C(=O)c6ccccc6)ccc5nc34)O1)C2.CC1(C)C2CC1CC1(CCc3c(c4ccccc4c4nc5ccc(C(=O)c6ccccc6)cc5nc34)O1)C2. The van der Waals surface area contributed by atoms with Crippen LogP contribution >= 0.6 is 0 Å². The lowest BCUT2D eigenvalue weighted by atomic mass is 9.45. The van der Waals surface area contributed by atoms with Gasteiger partial charge in [0.05, 0.1) is 72.8 Å². The largest absolute Gasteiger partial charge is 0.493 e. The van der Waals surface area contributed by atoms with Gasteiger partial charge in [0.2, 0.25) is 0 Å². The summed E-state index contributed by atoms with van der Waals surface area (Å²) in [5.74, 6) is 6.90. The van der Waals surface area contributed by atoms with Crippen LogP contribution in [0, 0.1) is 40.4 Å². The molecule has 0 saturated heterocycles. The summed E-state index contributed by atoms with van der Waals surface area (Å²) in [5, 5.41) is 6.42. The minimum atomic E-state index is -0.454. The van der Waals surface area contributed by atoms with Crippen molar-refractivity contribution in [2.45, 2.75) is 148 Å². The van der Waals surface area contributed by atoms with Crippen molar-refractivity contribution < 1.29 is 33.3 Å². The number of hydrogen-bond acceptors (Lipinski definition) is 13. The molecule has 4 aliphatic heterocycles. The lowest BCUT2D eigenvalue weighted by Gasteiger charge is -2.63. The third-order valence-electron chi connectivity index (χ3n) is 29.6. The normalized spacial score (nSPS) is 23.3. The van der Waals surface area contributed by atoms with Crippen molar-refractivity contribution in [1.82, 2.24) is 29.9 Å². The van der Waals surface area contributed by atoms with E-state index in [4.69, 9.17) is 48.9 Å². The first kappa shape index (κ1) is 74.7. The molecule has 6 fully saturated rings. The van der Waals surface area contributed by atoms with Gasteiger partial charge in [0.1, 0.15) is 39.8 Å². The summed E-state index contributed by atoms with van der Waals surface area (Å²) >= 11 is 0. The van der Waals surface area contributed by atoms with E-state index in [0.717, 1.165) is 221 Å². The maximum absolute atomic E-state index is 13.3. The van der Waals surface area contributed by atoms with Crippen molar-refractivity contribution in [3.63, 3.8) is 0 Å². The molecule has 16 aromatic rings. The van der Waals surface area contributed by atoms with Crippen molar-refractivity contribution in [2.75, 3.05) is 6.61 Å². The predicted octanol–water partition coefficient (Wildman–Crippen LogP) is 24.6. The molecule has 598 valence electrons. The Morgan fingerprint density at radius 3 is 1.17 bits per heavy atom. The van der Waals surface area contributed by atoms with Crippen LogP contribution in [0.3, 0.4) is 0 Å². The van der Waals surface area contributed by atoms with Gasteiger partial charge in [0.15, 0.2) is 17.3 Å². The zero-order valence-electron chi connectivity index (χ0n) is 69.4. The Bertz CT molecular complexity index is 7050. The van der Waals surface area contributed by atoms with E-state index in [1.807, 2.05) is 158 Å². The quantitative estimate of drug-likeness (QED) is 0.0580. The molecular weight excluding hydrogens is 1490 g/mol. The van der Waals surface area contributed by atoms with Gasteiger partial charge in [-0.1, -0.05) is 221 Å². The molecule has 26 rings (SSSR count). The fourth-order valence-corrected chi connectivity index (χ4v) is 22.4. The summed E-state index contributed by atoms with van der Waals surface area (Å²) in [6, 6.07) is 78.8. The molecule has 4 bridgehead atoms. The van der Waals surface area contributed by atoms with E-state index < -0.39 is 5.60 Å². The molecule has 4 unspecified atom stereocenters. The highest BCUT2D eigenvalue weighted by atomic mass is 16.5. The van der Waals surface area contributed by atoms with Gasteiger partial charge < -0.3 is 18.9 Å². The molecule has 0 radical (unpaired) electrons. The molecule has 121 heavy (non-hydrogen) atoms. The summed E-state index contributed by atoms with van der Waals surface area (Å²) in [7, 11) is 0. The number of benzene rings is 13. The van der Waals surface area contributed by atoms with Crippen LogP contribution in [0.15, 0.2) is 254 Å². The fraction of sp³-hybridized carbons (Fsp3) is 0.287. The Morgan fingerprint density at radius 1 is 0.380 bits per heavy atom. The monoisotopic (exact) mass is 1590 g/mol. The molecule has 6 aliphatic carbocycles. The lowest BCUT2D eigenvalue weighted by Crippen LogP contribution is -2.59. The van der Waals surface area contributed by atoms with Crippen molar-refractivity contribution in [3.8, 4) is 23.0 Å². The number of ether oxygens (including phenoxy) is 4. The number of rotatable bonds is 9. The van der Waals surface area contributed by atoms with E-state index in [1.54, 1.807) is 0 Å². The predicted molar refractivity (Wildman–Crippen MR) is 481 cm³/mol. The minimum absolute atomic E-state index is 0.000926. The van der Waals surface area contributed by atoms with E-state index in [0.29, 0.717) is 56.3 Å². The second-order valence-corrected chi connectivity index (χ2v) is 37.4. The molecule has 7 heterocycles. The smallest absolute Gasteiger partial charge is 0.193 e. The van der Waals surface area contributed by atoms with Gasteiger partial charge in [0.25, 0.3) is 0 Å². The Morgan fingerprint density at radius 2 is 0.744 bits per heavy atom. The van der Waals surface area contributed by atoms with Gasteiger partial charge in [-0.05, 0) is 193 Å². The number of para-hydroxylation sites is 1. The number of nitrogens with zero attached hydrogens (tertiary/aromatic N) is 6. The number of hydrogen-bond donors (Lipinski definition) is 0. The van der Waals surface area contributed by atoms with Crippen LogP contribution in [0.1, 0.15) is 189 Å². The fourth-order valence-electron chi connectivity index (χ4n) is 22.4. The van der Waals surface area contributed by atoms with Crippen LogP contribution in [0.4, 0.5) is 0 Å². The van der Waals surface area contributed by atoms with Crippen molar-refractivity contribution in [3.05, 3.63) is 310 Å². The standard InChI is InChI=1S/C40H34N2O3.2C34H30N2O2/c1-24(2)12-11-21-40(3)30-23-44-33-18-10-9-17-29(33)34(30)35-37-36(27-15-7-8-16-28(27)39(35)45-40)42-32-22-26(19-20-31(32)41-37)38(43)25-13-5-4-6-14-25;1-33(2)22-17-23(33)19-34(18-22)15-14-26-30-29(24-10-6-7-11-25(24)32(26)38-34)36-28-16-21(12-13-27(28)35-30)31(37)20-8-4-3-5-9-20;1-33(2)22-17-23(33)19-34(18-22)15-14-26-30-29(24-10-6-7-11-25(24)32(26)38-34)35-27-13-12-21(16-28(27)36-30)31(37)20-8-4-3-5-9-20/h4-10,12-20,22,30,34H,11,21,23H2,1-3H3;2*3-13,16,22-23H,14-15,17-19H2,1-2H3/t30-,34+,40+;;/m0../s1. The second kappa shape index (κ2) is 28.3. The molecule has 13 nitrogen and oxygen atoms in total. The average Bonchev–Trinajstić information content (AvgIpc) is 0.706. The number of ketones is 3. The van der Waals surface area contributed by atoms with Crippen LogP contribution in [-0.4, -0.2) is 70.7 Å². The van der Waals surface area contributed by atoms with Crippen LogP contribution in [0.5, 0.6) is 23.0 Å². The third-order valence-corrected chi connectivity index (χ3v) is 29.6. The van der Waals surface area contributed by atoms with E-state index >= 15 is 0 Å². The first-order chi connectivity index (χ1) is 58.7. The number of fused-ring (bicyclic) bond motifs is 25. The zero-order valence-corrected chi connectivity index (χ0v) is 69.4. The number of aromatic nitrogens is 6. The van der Waals surface area contributed by atoms with E-state index in [-0.39, 0.29) is 40.4 Å². The molecule has 0 amide bonds. The topological polar surface area (TPSA) is 165 Å². The van der Waals surface area contributed by atoms with Crippen molar-refractivity contribution in [1.29, 1.82) is 0 Å². The van der Waals surface area contributed by atoms with Gasteiger partial charge in [-0.25, -0.2) is 29.9 Å². The van der Waals surface area contributed by atoms with Crippen LogP contribution in [-0.2, 0) is 12.8 Å². The highest BCUT2D eigenvalue weighted by molar-refractivity contribution is 6.17. The number of aryl methyl sites for hydroxylation is 2. The number of allylic oxidation sites excluding steroid dienone is 2. The van der Waals surface area contributed by atoms with E-state index in [2.05, 4.69) is 139 Å². The van der Waals surface area contributed by atoms with E-state index in [1.165, 1.54) is 24.0 Å². The average molecular weight is 1590 g/mol. The minimum Gasteiger partial charge on any atom is -0.493 e. The van der Waals surface area contributed by atoms with Crippen molar-refractivity contribution in [2.24, 2.45) is 40.4 Å². The van der Waals surface area contributed by atoms with Gasteiger partial charge >= 0.3 is 0 Å². The summed E-state index contributed by atoms with van der Waals surface area (Å²) in [6.07, 6.45) is 15.4. The first-order valence-corrected chi connectivity index (χ1v) is 43.4. The Balaban J connectivity index is 0.000000109. The molecule has 6 saturated carbocycles. The molecule has 10 aliphatic rings. The molecule has 13 aromatic carbocycles. The Labute approximate surface area is 703 Å². The molecular formula is C108H94N6O7. The molecule has 7 atom stereocenters. The molecule has 13 heteroatoms. The van der Waals surface area contributed by atoms with Gasteiger partial charge in [-0.2, -0.15) is 0 Å². The maximum Gasteiger partial charge on any atom is 0.193 e. The molecule has 3 aromatic heterocycles. The lowest BCUT2D eigenvalue weighted by molar-refractivity contribution is -0.160. The van der Waals surface area contributed by atoms with Gasteiger partial charge in [0, 0.05) is 99.8 Å². The summed E-state index contributed by atoms with van der Waals surface area (Å²) in [4.78, 5) is 70.6. The van der Waals surface area contributed by atoms with Crippen LogP contribution in [0.25, 0.3) is 98.5 Å². The van der Waals surface area contributed by atoms with Crippen LogP contribution in [0.2, 0.25) is 0 Å². The maximum atomic E-state index is 13.3. The first-order valence-electron chi connectivity index (χ1n) is 43.4. The zero-order chi connectivity index (χ0) is 82.0. The van der Waals surface area contributed by atoms with E-state index in [9.17, 15) is 14.4 Å². The van der Waals surface area contributed by atoms with Gasteiger partial charge in [-0.3, -0.25) is 14.4 Å². The summed E-state index contributed by atoms with van der Waals surface area (Å²) < 4.78 is 27.8. The third kappa shape index (κ3) is 12.3. The number of carbonyl (C=O) groups is 3. The molecule has 2 spiro atoms. The highest BCUT2D eigenvalue weighted by Gasteiger charge is 2.61. The Hall–Kier alpha value is -12.6. The van der Waals surface area contributed by atoms with Crippen molar-refractivity contribution >= 4 is 116 Å². The summed E-state index contributed by atoms with van der Waals surface area (Å²) in [6.45, 7) is 16.9. The highest BCUT2D eigenvalue weighted by Crippen LogP contribution is 2.67.